The van der Waals surface area contributed by atoms with Gasteiger partial charge in [0.1, 0.15) is 0 Å². The molecule has 1 saturated heterocycles. The minimum absolute atomic E-state index is 0.0123. The molecular weight excluding hydrogens is 164 g/mol. The van der Waals surface area contributed by atoms with Gasteiger partial charge in [-0.1, -0.05) is 23.8 Å². The molecule has 0 aromatic carbocycles. The molecule has 0 amide bonds. The Labute approximate surface area is 79.2 Å². The largest absolute Gasteiger partial charge is 0.350 e. The minimum Gasteiger partial charge on any atom is -0.350 e. The summed E-state index contributed by atoms with van der Waals surface area (Å²) in [5.41, 5.74) is 1.47. The predicted molar refractivity (Wildman–Crippen MR) is 51.4 cm³/mol. The maximum Gasteiger partial charge on any atom is 0.161 e. The molecule has 72 valence electrons. The van der Waals surface area contributed by atoms with Gasteiger partial charge in [0.05, 0.1) is 13.2 Å². The van der Waals surface area contributed by atoms with E-state index in [0.29, 0.717) is 0 Å². The summed E-state index contributed by atoms with van der Waals surface area (Å²) in [5.74, 6) is 0. The van der Waals surface area contributed by atoms with Crippen LogP contribution in [-0.4, -0.2) is 19.5 Å². The second-order valence-corrected chi connectivity index (χ2v) is 3.48. The molecule has 2 nitrogen and oxygen atoms in total. The average Bonchev–Trinajstić information content (AvgIpc) is 2.75. The molecule has 0 spiro atoms. The monoisotopic (exact) mass is 180 g/mol. The van der Waals surface area contributed by atoms with Crippen molar-refractivity contribution in [3.8, 4) is 0 Å². The standard InChI is InChI=1S/C11H16O2/c1-2-5-10(4-1)6-3-7-11-12-8-9-13-11/h3-4,6,11H,1-2,5,7-9H2/b6-3+. The number of ether oxygens (including phenoxy) is 2. The van der Waals surface area contributed by atoms with Crippen LogP contribution in [0.5, 0.6) is 0 Å². The van der Waals surface area contributed by atoms with E-state index in [1.807, 2.05) is 0 Å². The Balaban J connectivity index is 1.71. The molecule has 1 aliphatic heterocycles. The van der Waals surface area contributed by atoms with Crippen LogP contribution in [0.2, 0.25) is 0 Å². The Kier molecular flexibility index (Phi) is 3.16. The number of allylic oxidation sites excluding steroid dienone is 3. The van der Waals surface area contributed by atoms with E-state index in [2.05, 4.69) is 18.2 Å². The Morgan fingerprint density at radius 3 is 2.92 bits per heavy atom. The highest BCUT2D eigenvalue weighted by molar-refractivity contribution is 5.21. The van der Waals surface area contributed by atoms with Crippen molar-refractivity contribution in [2.45, 2.75) is 32.0 Å². The van der Waals surface area contributed by atoms with Crippen LogP contribution in [0.25, 0.3) is 0 Å². The maximum absolute atomic E-state index is 5.32. The van der Waals surface area contributed by atoms with Crippen LogP contribution in [0.3, 0.4) is 0 Å². The second-order valence-electron chi connectivity index (χ2n) is 3.48. The van der Waals surface area contributed by atoms with Gasteiger partial charge in [-0.15, -0.1) is 0 Å². The maximum atomic E-state index is 5.32. The lowest BCUT2D eigenvalue weighted by molar-refractivity contribution is -0.0380. The lowest BCUT2D eigenvalue weighted by Gasteiger charge is -2.03. The van der Waals surface area contributed by atoms with Crippen molar-refractivity contribution >= 4 is 0 Å². The van der Waals surface area contributed by atoms with Crippen LogP contribution in [0, 0.1) is 0 Å². The van der Waals surface area contributed by atoms with Gasteiger partial charge >= 0.3 is 0 Å². The Morgan fingerprint density at radius 2 is 2.23 bits per heavy atom. The first-order valence-corrected chi connectivity index (χ1v) is 5.04. The summed E-state index contributed by atoms with van der Waals surface area (Å²) in [6, 6.07) is 0. The first-order chi connectivity index (χ1) is 6.45. The van der Waals surface area contributed by atoms with Gasteiger partial charge in [-0.3, -0.25) is 0 Å². The van der Waals surface area contributed by atoms with Crippen LogP contribution in [-0.2, 0) is 9.47 Å². The molecule has 2 heteroatoms. The molecule has 0 saturated carbocycles. The van der Waals surface area contributed by atoms with E-state index < -0.39 is 0 Å². The van der Waals surface area contributed by atoms with E-state index >= 15 is 0 Å². The Hall–Kier alpha value is -0.600. The molecule has 0 radical (unpaired) electrons. The molecule has 0 bridgehead atoms. The fourth-order valence-corrected chi connectivity index (χ4v) is 1.72. The smallest absolute Gasteiger partial charge is 0.161 e. The summed E-state index contributed by atoms with van der Waals surface area (Å²) in [6.07, 6.45) is 11.4. The van der Waals surface area contributed by atoms with Crippen LogP contribution in [0.1, 0.15) is 25.7 Å². The zero-order chi connectivity index (χ0) is 8.93. The van der Waals surface area contributed by atoms with E-state index in [0.717, 1.165) is 19.6 Å². The summed E-state index contributed by atoms with van der Waals surface area (Å²) in [4.78, 5) is 0. The third-order valence-corrected chi connectivity index (χ3v) is 2.43. The Bertz CT molecular complexity index is 212. The van der Waals surface area contributed by atoms with Crippen molar-refractivity contribution in [1.29, 1.82) is 0 Å². The summed E-state index contributed by atoms with van der Waals surface area (Å²) < 4.78 is 10.6. The summed E-state index contributed by atoms with van der Waals surface area (Å²) >= 11 is 0. The molecular formula is C11H16O2. The van der Waals surface area contributed by atoms with Gasteiger partial charge in [-0.2, -0.15) is 0 Å². The van der Waals surface area contributed by atoms with Crippen LogP contribution >= 0.6 is 0 Å². The highest BCUT2D eigenvalue weighted by atomic mass is 16.7. The van der Waals surface area contributed by atoms with Gasteiger partial charge in [0.15, 0.2) is 6.29 Å². The van der Waals surface area contributed by atoms with Crippen LogP contribution in [0.4, 0.5) is 0 Å². The minimum atomic E-state index is 0.0123. The highest BCUT2D eigenvalue weighted by Crippen LogP contribution is 2.19. The van der Waals surface area contributed by atoms with Crippen LogP contribution in [0.15, 0.2) is 23.8 Å². The van der Waals surface area contributed by atoms with Crippen molar-refractivity contribution in [3.63, 3.8) is 0 Å². The number of hydrogen-bond acceptors (Lipinski definition) is 2. The van der Waals surface area contributed by atoms with E-state index in [1.54, 1.807) is 0 Å². The quantitative estimate of drug-likeness (QED) is 0.664. The Morgan fingerprint density at radius 1 is 1.38 bits per heavy atom. The fraction of sp³-hybridized carbons (Fsp3) is 0.636. The van der Waals surface area contributed by atoms with Gasteiger partial charge in [0.25, 0.3) is 0 Å². The van der Waals surface area contributed by atoms with Gasteiger partial charge < -0.3 is 9.47 Å². The van der Waals surface area contributed by atoms with Crippen molar-refractivity contribution in [2.75, 3.05) is 13.2 Å². The first kappa shape index (κ1) is 8.97. The van der Waals surface area contributed by atoms with Crippen molar-refractivity contribution < 1.29 is 9.47 Å². The first-order valence-electron chi connectivity index (χ1n) is 5.04. The SMILES string of the molecule is C1=C(/C=C/CC2OCCO2)CCC1. The number of hydrogen-bond donors (Lipinski definition) is 0. The van der Waals surface area contributed by atoms with E-state index in [-0.39, 0.29) is 6.29 Å². The molecule has 2 rings (SSSR count). The zero-order valence-electron chi connectivity index (χ0n) is 7.87. The molecule has 0 atom stereocenters. The topological polar surface area (TPSA) is 18.5 Å². The molecule has 0 N–H and O–H groups in total. The van der Waals surface area contributed by atoms with Gasteiger partial charge in [0.2, 0.25) is 0 Å². The lowest BCUT2D eigenvalue weighted by atomic mass is 10.2. The molecule has 1 heterocycles. The van der Waals surface area contributed by atoms with Crippen LogP contribution < -0.4 is 0 Å². The van der Waals surface area contributed by atoms with Crippen molar-refractivity contribution in [2.24, 2.45) is 0 Å². The average molecular weight is 180 g/mol. The molecule has 1 aliphatic carbocycles. The van der Waals surface area contributed by atoms with E-state index in [1.165, 1.54) is 24.8 Å². The molecule has 13 heavy (non-hydrogen) atoms. The number of rotatable bonds is 3. The molecule has 0 aromatic rings. The molecule has 0 unspecified atom stereocenters. The predicted octanol–water partition coefficient (Wildman–Crippen LogP) is 2.42. The normalized spacial score (nSPS) is 24.5. The van der Waals surface area contributed by atoms with E-state index in [4.69, 9.17) is 9.47 Å². The molecule has 2 aliphatic rings. The summed E-state index contributed by atoms with van der Waals surface area (Å²) in [7, 11) is 0. The second kappa shape index (κ2) is 4.58. The third-order valence-electron chi connectivity index (χ3n) is 2.43. The summed E-state index contributed by atoms with van der Waals surface area (Å²) in [6.45, 7) is 1.50. The fourth-order valence-electron chi connectivity index (χ4n) is 1.72. The third kappa shape index (κ3) is 2.68. The zero-order valence-corrected chi connectivity index (χ0v) is 7.87. The van der Waals surface area contributed by atoms with Crippen molar-refractivity contribution in [3.05, 3.63) is 23.8 Å². The van der Waals surface area contributed by atoms with Gasteiger partial charge in [-0.05, 0) is 19.3 Å². The van der Waals surface area contributed by atoms with Crippen molar-refractivity contribution in [1.82, 2.24) is 0 Å². The summed E-state index contributed by atoms with van der Waals surface area (Å²) in [5, 5.41) is 0. The van der Waals surface area contributed by atoms with Gasteiger partial charge in [-0.25, -0.2) is 0 Å². The molecule has 0 aromatic heterocycles. The lowest BCUT2D eigenvalue weighted by Crippen LogP contribution is -2.04. The molecule has 1 fully saturated rings. The highest BCUT2D eigenvalue weighted by Gasteiger charge is 2.13. The van der Waals surface area contributed by atoms with Gasteiger partial charge in [0, 0.05) is 6.42 Å². The van der Waals surface area contributed by atoms with E-state index in [9.17, 15) is 0 Å².